The van der Waals surface area contributed by atoms with E-state index in [2.05, 4.69) is 29.6 Å². The van der Waals surface area contributed by atoms with Gasteiger partial charge in [0.15, 0.2) is 0 Å². The minimum absolute atomic E-state index is 0.0606. The summed E-state index contributed by atoms with van der Waals surface area (Å²) in [7, 11) is 0. The molecule has 0 fully saturated rings. The molecule has 1 atom stereocenters. The van der Waals surface area contributed by atoms with E-state index in [4.69, 9.17) is 0 Å². The maximum absolute atomic E-state index is 11.8. The first-order chi connectivity index (χ1) is 8.18. The maximum atomic E-state index is 11.8. The van der Waals surface area contributed by atoms with Gasteiger partial charge in [0, 0.05) is 5.92 Å². The van der Waals surface area contributed by atoms with Gasteiger partial charge in [0.1, 0.15) is 0 Å². The van der Waals surface area contributed by atoms with Crippen molar-refractivity contribution in [2.45, 2.75) is 45.6 Å². The monoisotopic (exact) mass is 231 g/mol. The van der Waals surface area contributed by atoms with Crippen LogP contribution in [0.2, 0.25) is 0 Å². The average molecular weight is 231 g/mol. The Bertz CT molecular complexity index is 398. The summed E-state index contributed by atoms with van der Waals surface area (Å²) >= 11 is 0. The quantitative estimate of drug-likeness (QED) is 0.778. The Morgan fingerprint density at radius 2 is 2.06 bits per heavy atom. The van der Waals surface area contributed by atoms with Gasteiger partial charge < -0.3 is 5.32 Å². The average Bonchev–Trinajstić information content (AvgIpc) is 2.52. The molecule has 0 spiro atoms. The van der Waals surface area contributed by atoms with Crippen LogP contribution in [0, 0.1) is 5.92 Å². The van der Waals surface area contributed by atoms with Gasteiger partial charge in [0.05, 0.1) is 6.04 Å². The van der Waals surface area contributed by atoms with Crippen LogP contribution in [0.1, 0.15) is 50.3 Å². The third-order valence-corrected chi connectivity index (χ3v) is 3.46. The molecule has 2 nitrogen and oxygen atoms in total. The molecule has 1 N–H and O–H groups in total. The van der Waals surface area contributed by atoms with Gasteiger partial charge in [-0.3, -0.25) is 4.79 Å². The number of hydrogen-bond donors (Lipinski definition) is 1. The van der Waals surface area contributed by atoms with Crippen LogP contribution in [0.15, 0.2) is 24.3 Å². The van der Waals surface area contributed by atoms with E-state index in [0.717, 1.165) is 12.8 Å². The normalized spacial score (nSPS) is 19.6. The maximum Gasteiger partial charge on any atom is 0.223 e. The molecule has 0 bridgehead atoms. The minimum Gasteiger partial charge on any atom is -0.349 e. The van der Waals surface area contributed by atoms with Crippen LogP contribution in [-0.4, -0.2) is 5.91 Å². The SMILES string of the molecule is CC(C)C(=O)NC1CCCCc2ccccc21. The molecule has 0 saturated heterocycles. The molecule has 0 heterocycles. The first kappa shape index (κ1) is 12.2. The van der Waals surface area contributed by atoms with E-state index in [1.807, 2.05) is 13.8 Å². The van der Waals surface area contributed by atoms with Crippen molar-refractivity contribution < 1.29 is 4.79 Å². The minimum atomic E-state index is 0.0606. The summed E-state index contributed by atoms with van der Waals surface area (Å²) < 4.78 is 0. The van der Waals surface area contributed by atoms with E-state index in [9.17, 15) is 4.79 Å². The highest BCUT2D eigenvalue weighted by Crippen LogP contribution is 2.28. The molecule has 2 rings (SSSR count). The fourth-order valence-corrected chi connectivity index (χ4v) is 2.41. The number of nitrogens with one attached hydrogen (secondary N) is 1. The van der Waals surface area contributed by atoms with Crippen LogP contribution in [0.3, 0.4) is 0 Å². The van der Waals surface area contributed by atoms with Crippen LogP contribution < -0.4 is 5.32 Å². The van der Waals surface area contributed by atoms with E-state index in [0.29, 0.717) is 0 Å². The van der Waals surface area contributed by atoms with Crippen LogP contribution in [-0.2, 0) is 11.2 Å². The van der Waals surface area contributed by atoms with Crippen LogP contribution in [0.4, 0.5) is 0 Å². The molecule has 17 heavy (non-hydrogen) atoms. The molecular weight excluding hydrogens is 210 g/mol. The fourth-order valence-electron chi connectivity index (χ4n) is 2.41. The van der Waals surface area contributed by atoms with Crippen LogP contribution in [0.25, 0.3) is 0 Å². The van der Waals surface area contributed by atoms with Gasteiger partial charge in [-0.05, 0) is 30.4 Å². The Kier molecular flexibility index (Phi) is 3.82. The molecule has 2 heteroatoms. The Hall–Kier alpha value is -1.31. The summed E-state index contributed by atoms with van der Waals surface area (Å²) in [6, 6.07) is 8.72. The summed E-state index contributed by atoms with van der Waals surface area (Å²) in [6.45, 7) is 3.88. The molecule has 1 aliphatic rings. The van der Waals surface area contributed by atoms with Crippen molar-refractivity contribution in [2.75, 3.05) is 0 Å². The summed E-state index contributed by atoms with van der Waals surface area (Å²) in [5, 5.41) is 3.18. The molecule has 1 amide bonds. The van der Waals surface area contributed by atoms with Crippen molar-refractivity contribution in [3.8, 4) is 0 Å². The predicted octanol–water partition coefficient (Wildman–Crippen LogP) is 3.23. The van der Waals surface area contributed by atoms with Crippen molar-refractivity contribution in [3.05, 3.63) is 35.4 Å². The highest BCUT2D eigenvalue weighted by molar-refractivity contribution is 5.78. The Balaban J connectivity index is 2.20. The molecule has 92 valence electrons. The summed E-state index contributed by atoms with van der Waals surface area (Å²) in [5.41, 5.74) is 2.72. The summed E-state index contributed by atoms with van der Waals surface area (Å²) in [5.74, 6) is 0.220. The van der Waals surface area contributed by atoms with Crippen molar-refractivity contribution in [2.24, 2.45) is 5.92 Å². The molecule has 1 aliphatic carbocycles. The van der Waals surface area contributed by atoms with Crippen molar-refractivity contribution in [1.82, 2.24) is 5.32 Å². The Morgan fingerprint density at radius 3 is 2.82 bits per heavy atom. The number of carbonyl (C=O) groups excluding carboxylic acids is 1. The van der Waals surface area contributed by atoms with Gasteiger partial charge >= 0.3 is 0 Å². The lowest BCUT2D eigenvalue weighted by Gasteiger charge is -2.20. The first-order valence-corrected chi connectivity index (χ1v) is 6.56. The molecular formula is C15H21NO. The molecule has 0 aliphatic heterocycles. The van der Waals surface area contributed by atoms with E-state index < -0.39 is 0 Å². The highest BCUT2D eigenvalue weighted by atomic mass is 16.1. The second-order valence-electron chi connectivity index (χ2n) is 5.16. The molecule has 0 aromatic heterocycles. The second-order valence-corrected chi connectivity index (χ2v) is 5.16. The smallest absolute Gasteiger partial charge is 0.223 e. The second kappa shape index (κ2) is 5.35. The van der Waals surface area contributed by atoms with Crippen molar-refractivity contribution in [3.63, 3.8) is 0 Å². The summed E-state index contributed by atoms with van der Waals surface area (Å²) in [4.78, 5) is 11.8. The zero-order valence-corrected chi connectivity index (χ0v) is 10.7. The number of rotatable bonds is 2. The lowest BCUT2D eigenvalue weighted by atomic mass is 9.98. The number of benzene rings is 1. The molecule has 1 unspecified atom stereocenters. The van der Waals surface area contributed by atoms with Crippen LogP contribution in [0.5, 0.6) is 0 Å². The number of carbonyl (C=O) groups is 1. The Morgan fingerprint density at radius 1 is 1.29 bits per heavy atom. The standard InChI is InChI=1S/C15H21NO/c1-11(2)15(17)16-14-10-6-4-8-12-7-3-5-9-13(12)14/h3,5,7,9,11,14H,4,6,8,10H2,1-2H3,(H,16,17). The topological polar surface area (TPSA) is 29.1 Å². The molecule has 0 saturated carbocycles. The van der Waals surface area contributed by atoms with Gasteiger partial charge in [0.25, 0.3) is 0 Å². The summed E-state index contributed by atoms with van der Waals surface area (Å²) in [6.07, 6.45) is 4.63. The van der Waals surface area contributed by atoms with E-state index >= 15 is 0 Å². The number of fused-ring (bicyclic) bond motifs is 1. The molecule has 1 aromatic rings. The van der Waals surface area contributed by atoms with Crippen molar-refractivity contribution >= 4 is 5.91 Å². The van der Waals surface area contributed by atoms with E-state index in [-0.39, 0.29) is 17.9 Å². The third-order valence-electron chi connectivity index (χ3n) is 3.46. The molecule has 1 aromatic carbocycles. The number of hydrogen-bond acceptors (Lipinski definition) is 1. The van der Waals surface area contributed by atoms with E-state index in [1.165, 1.54) is 24.0 Å². The number of aryl methyl sites for hydroxylation is 1. The van der Waals surface area contributed by atoms with Crippen molar-refractivity contribution in [1.29, 1.82) is 0 Å². The molecule has 0 radical (unpaired) electrons. The largest absolute Gasteiger partial charge is 0.349 e. The van der Waals surface area contributed by atoms with E-state index in [1.54, 1.807) is 0 Å². The van der Waals surface area contributed by atoms with Gasteiger partial charge in [-0.1, -0.05) is 44.5 Å². The van der Waals surface area contributed by atoms with Gasteiger partial charge in [-0.25, -0.2) is 0 Å². The lowest BCUT2D eigenvalue weighted by molar-refractivity contribution is -0.124. The first-order valence-electron chi connectivity index (χ1n) is 6.56. The zero-order chi connectivity index (χ0) is 12.3. The number of amides is 1. The Labute approximate surface area is 103 Å². The van der Waals surface area contributed by atoms with Gasteiger partial charge in [0.2, 0.25) is 5.91 Å². The van der Waals surface area contributed by atoms with Gasteiger partial charge in [-0.15, -0.1) is 0 Å². The zero-order valence-electron chi connectivity index (χ0n) is 10.7. The lowest BCUT2D eigenvalue weighted by Crippen LogP contribution is -2.31. The third kappa shape index (κ3) is 2.87. The fraction of sp³-hybridized carbons (Fsp3) is 0.533. The van der Waals surface area contributed by atoms with Crippen LogP contribution >= 0.6 is 0 Å². The van der Waals surface area contributed by atoms with Gasteiger partial charge in [-0.2, -0.15) is 0 Å². The predicted molar refractivity (Wildman–Crippen MR) is 69.7 cm³/mol. The highest BCUT2D eigenvalue weighted by Gasteiger charge is 2.20.